The summed E-state index contributed by atoms with van der Waals surface area (Å²) in [4.78, 5) is 12.2. The maximum absolute atomic E-state index is 12.2. The summed E-state index contributed by atoms with van der Waals surface area (Å²) >= 11 is 3.32. The van der Waals surface area contributed by atoms with Crippen molar-refractivity contribution in [1.29, 1.82) is 0 Å². The summed E-state index contributed by atoms with van der Waals surface area (Å²) in [7, 11) is 0. The Hall–Kier alpha value is -3.32. The first-order valence-electron chi connectivity index (χ1n) is 8.84. The van der Waals surface area contributed by atoms with E-state index in [-0.39, 0.29) is 11.7 Å². The number of hydrogen-bond donors (Lipinski definition) is 2. The minimum atomic E-state index is -0.362. The van der Waals surface area contributed by atoms with Gasteiger partial charge in [0.1, 0.15) is 5.75 Å². The summed E-state index contributed by atoms with van der Waals surface area (Å²) < 4.78 is 0.671. The third kappa shape index (κ3) is 5.36. The second kappa shape index (κ2) is 9.25. The second-order valence-corrected chi connectivity index (χ2v) is 7.24. The summed E-state index contributed by atoms with van der Waals surface area (Å²) in [6, 6.07) is 17.7. The number of carbonyl (C=O) groups is 1. The predicted molar refractivity (Wildman–Crippen MR) is 117 cm³/mol. The number of benzene rings is 3. The van der Waals surface area contributed by atoms with Gasteiger partial charge >= 0.3 is 0 Å². The Balaban J connectivity index is 1.72. The van der Waals surface area contributed by atoms with Gasteiger partial charge in [0.05, 0.1) is 23.2 Å². The van der Waals surface area contributed by atoms with E-state index in [0.29, 0.717) is 21.3 Å². The van der Waals surface area contributed by atoms with Crippen LogP contribution >= 0.6 is 15.9 Å². The van der Waals surface area contributed by atoms with Gasteiger partial charge in [0, 0.05) is 10.0 Å². The minimum Gasteiger partial charge on any atom is -0.507 e. The lowest BCUT2D eigenvalue weighted by Gasteiger charge is -2.03. The summed E-state index contributed by atoms with van der Waals surface area (Å²) in [6.07, 6.45) is 1.36. The predicted octanol–water partition coefficient (Wildman–Crippen LogP) is 5.95. The van der Waals surface area contributed by atoms with Crippen LogP contribution < -0.4 is 5.43 Å². The number of nitrogens with zero attached hydrogens (tertiary/aromatic N) is 3. The number of phenolic OH excluding ortho intramolecular Hbond substituents is 1. The molecule has 0 heterocycles. The van der Waals surface area contributed by atoms with Gasteiger partial charge in [-0.2, -0.15) is 15.3 Å². The fraction of sp³-hybridized carbons (Fsp3) is 0.0909. The van der Waals surface area contributed by atoms with Gasteiger partial charge in [0.25, 0.3) is 5.91 Å². The molecule has 3 aromatic rings. The van der Waals surface area contributed by atoms with Crippen molar-refractivity contribution in [1.82, 2.24) is 5.43 Å². The van der Waals surface area contributed by atoms with Crippen LogP contribution in [0.25, 0.3) is 0 Å². The Kier molecular flexibility index (Phi) is 6.51. The Morgan fingerprint density at radius 1 is 0.966 bits per heavy atom. The summed E-state index contributed by atoms with van der Waals surface area (Å²) in [6.45, 7) is 4.06. The van der Waals surface area contributed by atoms with Gasteiger partial charge in [-0.3, -0.25) is 4.79 Å². The van der Waals surface area contributed by atoms with E-state index < -0.39 is 0 Å². The van der Waals surface area contributed by atoms with E-state index in [0.717, 1.165) is 11.3 Å². The van der Waals surface area contributed by atoms with Crippen LogP contribution in [0.4, 0.5) is 11.4 Å². The first-order chi connectivity index (χ1) is 13.9. The van der Waals surface area contributed by atoms with Crippen molar-refractivity contribution in [2.45, 2.75) is 13.8 Å². The van der Waals surface area contributed by atoms with Gasteiger partial charge < -0.3 is 5.11 Å². The van der Waals surface area contributed by atoms with Crippen molar-refractivity contribution >= 4 is 39.4 Å². The highest BCUT2D eigenvalue weighted by molar-refractivity contribution is 9.10. The summed E-state index contributed by atoms with van der Waals surface area (Å²) in [5, 5.41) is 22.4. The molecule has 0 saturated heterocycles. The van der Waals surface area contributed by atoms with E-state index in [1.54, 1.807) is 30.3 Å². The number of aromatic hydroxyl groups is 1. The molecule has 0 saturated carbocycles. The van der Waals surface area contributed by atoms with Crippen LogP contribution in [0.3, 0.4) is 0 Å². The standard InChI is InChI=1S/C22H19BrN4O2/c1-14-7-8-17(11-15(14)2)25-26-18-9-10-21(28)16(12-18)13-24-27-22(29)19-5-3-4-6-20(19)23/h3-13,28H,1-2H3,(H,27,29)/b24-13+,26-25?. The molecule has 7 heteroatoms. The fourth-order valence-corrected chi connectivity index (χ4v) is 2.94. The van der Waals surface area contributed by atoms with Crippen LogP contribution in [0.15, 0.2) is 80.5 Å². The Morgan fingerprint density at radius 2 is 1.66 bits per heavy atom. The molecule has 0 aliphatic heterocycles. The highest BCUT2D eigenvalue weighted by atomic mass is 79.9. The van der Waals surface area contributed by atoms with Crippen molar-refractivity contribution in [3.05, 3.63) is 87.4 Å². The normalized spacial score (nSPS) is 11.3. The molecule has 0 bridgehead atoms. The number of azo groups is 1. The number of carbonyl (C=O) groups excluding carboxylic acids is 1. The van der Waals surface area contributed by atoms with Gasteiger partial charge in [0.15, 0.2) is 0 Å². The number of phenols is 1. The smallest absolute Gasteiger partial charge is 0.272 e. The molecule has 2 N–H and O–H groups in total. The van der Waals surface area contributed by atoms with Crippen molar-refractivity contribution in [3.63, 3.8) is 0 Å². The first kappa shape index (κ1) is 20.4. The Bertz CT molecular complexity index is 1110. The van der Waals surface area contributed by atoms with Crippen molar-refractivity contribution < 1.29 is 9.90 Å². The molecule has 146 valence electrons. The van der Waals surface area contributed by atoms with Gasteiger partial charge in [-0.1, -0.05) is 18.2 Å². The molecule has 29 heavy (non-hydrogen) atoms. The third-order valence-electron chi connectivity index (χ3n) is 4.27. The monoisotopic (exact) mass is 450 g/mol. The number of aryl methyl sites for hydroxylation is 2. The lowest BCUT2D eigenvalue weighted by atomic mass is 10.1. The zero-order valence-electron chi connectivity index (χ0n) is 15.9. The molecule has 0 radical (unpaired) electrons. The molecular formula is C22H19BrN4O2. The second-order valence-electron chi connectivity index (χ2n) is 6.39. The maximum atomic E-state index is 12.2. The molecule has 0 fully saturated rings. The molecule has 0 unspecified atom stereocenters. The highest BCUT2D eigenvalue weighted by Gasteiger charge is 2.08. The van der Waals surface area contributed by atoms with Crippen LogP contribution in [0.5, 0.6) is 5.75 Å². The minimum absolute atomic E-state index is 0.0222. The molecule has 6 nitrogen and oxygen atoms in total. The van der Waals surface area contributed by atoms with E-state index >= 15 is 0 Å². The summed E-state index contributed by atoms with van der Waals surface area (Å²) in [5.41, 5.74) is 6.95. The van der Waals surface area contributed by atoms with Gasteiger partial charge in [-0.25, -0.2) is 5.43 Å². The largest absolute Gasteiger partial charge is 0.507 e. The first-order valence-corrected chi connectivity index (χ1v) is 9.63. The highest BCUT2D eigenvalue weighted by Crippen LogP contribution is 2.25. The molecule has 0 aromatic heterocycles. The van der Waals surface area contributed by atoms with Gasteiger partial charge in [-0.05, 0) is 83.4 Å². The van der Waals surface area contributed by atoms with E-state index in [9.17, 15) is 9.90 Å². The molecule has 0 spiro atoms. The van der Waals surface area contributed by atoms with Crippen LogP contribution in [-0.4, -0.2) is 17.2 Å². The van der Waals surface area contributed by atoms with E-state index in [1.165, 1.54) is 17.8 Å². The zero-order chi connectivity index (χ0) is 20.8. The van der Waals surface area contributed by atoms with Crippen molar-refractivity contribution in [2.24, 2.45) is 15.3 Å². The SMILES string of the molecule is Cc1ccc(N=Nc2ccc(O)c(/C=N/NC(=O)c3ccccc3Br)c2)cc1C. The summed E-state index contributed by atoms with van der Waals surface area (Å²) in [5.74, 6) is -0.340. The molecule has 3 rings (SSSR count). The van der Waals surface area contributed by atoms with Crippen molar-refractivity contribution in [3.8, 4) is 5.75 Å². The number of rotatable bonds is 5. The number of hydrazone groups is 1. The van der Waals surface area contributed by atoms with E-state index in [2.05, 4.69) is 36.7 Å². The lowest BCUT2D eigenvalue weighted by molar-refractivity contribution is 0.0954. The molecule has 3 aromatic carbocycles. The van der Waals surface area contributed by atoms with Crippen molar-refractivity contribution in [2.75, 3.05) is 0 Å². The van der Waals surface area contributed by atoms with Crippen LogP contribution in [-0.2, 0) is 0 Å². The molecule has 0 aliphatic carbocycles. The Morgan fingerprint density at radius 3 is 2.38 bits per heavy atom. The molecule has 1 amide bonds. The van der Waals surface area contributed by atoms with E-state index in [1.807, 2.05) is 38.1 Å². The van der Waals surface area contributed by atoms with Crippen LogP contribution in [0.1, 0.15) is 27.0 Å². The number of nitrogens with one attached hydrogen (secondary N) is 1. The van der Waals surface area contributed by atoms with Crippen LogP contribution in [0, 0.1) is 13.8 Å². The average Bonchev–Trinajstić information content (AvgIpc) is 2.71. The van der Waals surface area contributed by atoms with E-state index in [4.69, 9.17) is 0 Å². The number of hydrogen-bond acceptors (Lipinski definition) is 5. The van der Waals surface area contributed by atoms with Gasteiger partial charge in [-0.15, -0.1) is 0 Å². The number of halogens is 1. The molecule has 0 atom stereocenters. The van der Waals surface area contributed by atoms with Crippen LogP contribution in [0.2, 0.25) is 0 Å². The molecule has 0 aliphatic rings. The quantitative estimate of drug-likeness (QED) is 0.285. The lowest BCUT2D eigenvalue weighted by Crippen LogP contribution is -2.18. The molecular weight excluding hydrogens is 432 g/mol. The third-order valence-corrected chi connectivity index (χ3v) is 4.96. The number of amides is 1. The van der Waals surface area contributed by atoms with Gasteiger partial charge in [0.2, 0.25) is 0 Å². The zero-order valence-corrected chi connectivity index (χ0v) is 17.5. The fourth-order valence-electron chi connectivity index (χ4n) is 2.48. The average molecular weight is 451 g/mol. The Labute approximate surface area is 177 Å². The topological polar surface area (TPSA) is 86.4 Å². The maximum Gasteiger partial charge on any atom is 0.272 e.